The van der Waals surface area contributed by atoms with E-state index in [2.05, 4.69) is 75.8 Å². The molecule has 0 spiro atoms. The summed E-state index contributed by atoms with van der Waals surface area (Å²) in [4.78, 5) is 2.38. The highest BCUT2D eigenvalue weighted by Gasteiger charge is 2.07. The van der Waals surface area contributed by atoms with E-state index < -0.39 is 0 Å². The first-order valence-electron chi connectivity index (χ1n) is 7.38. The third-order valence-corrected chi connectivity index (χ3v) is 5.01. The van der Waals surface area contributed by atoms with Crippen LogP contribution >= 0.6 is 27.3 Å². The van der Waals surface area contributed by atoms with E-state index >= 15 is 0 Å². The number of thiophene rings is 1. The molecule has 0 saturated heterocycles. The maximum Gasteiger partial charge on any atom is 0.0701 e. The first-order valence-corrected chi connectivity index (χ1v) is 9.05. The van der Waals surface area contributed by atoms with Crippen LogP contribution < -0.4 is 5.32 Å². The monoisotopic (exact) mass is 366 g/mol. The van der Waals surface area contributed by atoms with Gasteiger partial charge in [-0.25, -0.2) is 0 Å². The summed E-state index contributed by atoms with van der Waals surface area (Å²) in [7, 11) is 2.19. The van der Waals surface area contributed by atoms with E-state index in [-0.39, 0.29) is 0 Å². The number of likely N-dealkylation sites (N-methyl/N-ethyl adjacent to an activating group) is 1. The molecule has 1 N–H and O–H groups in total. The molecule has 0 amide bonds. The van der Waals surface area contributed by atoms with Gasteiger partial charge in [0.1, 0.15) is 0 Å². The Hall–Kier alpha value is -0.680. The van der Waals surface area contributed by atoms with E-state index in [1.54, 1.807) is 11.3 Å². The van der Waals surface area contributed by atoms with Crippen molar-refractivity contribution in [3.8, 4) is 0 Å². The molecule has 0 aliphatic heterocycles. The minimum Gasteiger partial charge on any atom is -0.317 e. The van der Waals surface area contributed by atoms with Crippen molar-refractivity contribution in [2.75, 3.05) is 20.1 Å². The highest BCUT2D eigenvalue weighted by Crippen LogP contribution is 2.22. The van der Waals surface area contributed by atoms with E-state index in [4.69, 9.17) is 0 Å². The maximum atomic E-state index is 3.53. The summed E-state index contributed by atoms with van der Waals surface area (Å²) in [6.45, 7) is 6.22. The molecule has 1 aromatic heterocycles. The SMILES string of the molecule is CCNCCc1ccccc1CN(C)Cc1csc(Br)c1. The van der Waals surface area contributed by atoms with E-state index in [0.29, 0.717) is 0 Å². The minimum absolute atomic E-state index is 0.990. The van der Waals surface area contributed by atoms with Gasteiger partial charge in [-0.15, -0.1) is 11.3 Å². The van der Waals surface area contributed by atoms with Crippen LogP contribution in [0.4, 0.5) is 0 Å². The molecule has 21 heavy (non-hydrogen) atoms. The zero-order valence-corrected chi connectivity index (χ0v) is 15.1. The van der Waals surface area contributed by atoms with Gasteiger partial charge in [-0.05, 0) is 70.6 Å². The Morgan fingerprint density at radius 1 is 1.19 bits per heavy atom. The van der Waals surface area contributed by atoms with E-state index in [1.807, 2.05) is 0 Å². The van der Waals surface area contributed by atoms with Crippen LogP contribution in [0, 0.1) is 0 Å². The van der Waals surface area contributed by atoms with Crippen molar-refractivity contribution in [1.82, 2.24) is 10.2 Å². The van der Waals surface area contributed by atoms with Crippen LogP contribution in [0.15, 0.2) is 39.5 Å². The third kappa shape index (κ3) is 5.55. The van der Waals surface area contributed by atoms with Crippen molar-refractivity contribution in [3.63, 3.8) is 0 Å². The average Bonchev–Trinajstić information content (AvgIpc) is 2.86. The summed E-state index contributed by atoms with van der Waals surface area (Å²) in [6.07, 6.45) is 1.10. The first kappa shape index (κ1) is 16.7. The van der Waals surface area contributed by atoms with Crippen molar-refractivity contribution in [2.45, 2.75) is 26.4 Å². The second-order valence-electron chi connectivity index (χ2n) is 5.30. The maximum absolute atomic E-state index is 3.53. The summed E-state index contributed by atoms with van der Waals surface area (Å²) in [5, 5.41) is 5.62. The van der Waals surface area contributed by atoms with Gasteiger partial charge in [-0.2, -0.15) is 0 Å². The van der Waals surface area contributed by atoms with Gasteiger partial charge in [0.05, 0.1) is 3.79 Å². The molecule has 2 nitrogen and oxygen atoms in total. The summed E-state index contributed by atoms with van der Waals surface area (Å²) in [5.74, 6) is 0. The number of nitrogens with one attached hydrogen (secondary N) is 1. The third-order valence-electron chi connectivity index (χ3n) is 3.45. The fraction of sp³-hybridized carbons (Fsp3) is 0.412. The van der Waals surface area contributed by atoms with Crippen LogP contribution in [0.1, 0.15) is 23.6 Å². The van der Waals surface area contributed by atoms with Crippen molar-refractivity contribution < 1.29 is 0 Å². The van der Waals surface area contributed by atoms with E-state index in [9.17, 15) is 0 Å². The minimum atomic E-state index is 0.990. The zero-order valence-electron chi connectivity index (χ0n) is 12.7. The number of rotatable bonds is 8. The molecule has 0 bridgehead atoms. The van der Waals surface area contributed by atoms with Gasteiger partial charge < -0.3 is 5.32 Å². The normalized spacial score (nSPS) is 11.2. The van der Waals surface area contributed by atoms with Gasteiger partial charge in [-0.3, -0.25) is 4.90 Å². The largest absolute Gasteiger partial charge is 0.317 e. The van der Waals surface area contributed by atoms with Crippen LogP contribution in [0.25, 0.3) is 0 Å². The molecular formula is C17H23BrN2S. The second kappa shape index (κ2) is 8.69. The Morgan fingerprint density at radius 3 is 2.62 bits per heavy atom. The molecule has 0 saturated carbocycles. The quantitative estimate of drug-likeness (QED) is 0.700. The Morgan fingerprint density at radius 2 is 1.95 bits per heavy atom. The van der Waals surface area contributed by atoms with Gasteiger partial charge >= 0.3 is 0 Å². The predicted octanol–water partition coefficient (Wildman–Crippen LogP) is 4.29. The molecule has 0 atom stereocenters. The number of hydrogen-bond acceptors (Lipinski definition) is 3. The Labute approximate surface area is 140 Å². The Bertz CT molecular complexity index is 553. The summed E-state index contributed by atoms with van der Waals surface area (Å²) in [6, 6.07) is 11.0. The lowest BCUT2D eigenvalue weighted by Gasteiger charge is -2.18. The van der Waals surface area contributed by atoms with Crippen LogP contribution in [0.2, 0.25) is 0 Å². The molecule has 1 aromatic carbocycles. The van der Waals surface area contributed by atoms with Crippen molar-refractivity contribution in [1.29, 1.82) is 0 Å². The number of halogens is 1. The summed E-state index contributed by atoms with van der Waals surface area (Å²) < 4.78 is 1.21. The molecule has 0 aliphatic carbocycles. The van der Waals surface area contributed by atoms with Crippen LogP contribution in [-0.2, 0) is 19.5 Å². The standard InChI is InChI=1S/C17H23BrN2S/c1-3-19-9-8-15-6-4-5-7-16(15)12-20(2)11-14-10-17(18)21-13-14/h4-7,10,13,19H,3,8-9,11-12H2,1-2H3. The number of hydrogen-bond donors (Lipinski definition) is 1. The van der Waals surface area contributed by atoms with Gasteiger partial charge in [-0.1, -0.05) is 31.2 Å². The van der Waals surface area contributed by atoms with Crippen LogP contribution in [0.5, 0.6) is 0 Å². The lowest BCUT2D eigenvalue weighted by molar-refractivity contribution is 0.318. The topological polar surface area (TPSA) is 15.3 Å². The van der Waals surface area contributed by atoms with Crippen molar-refractivity contribution >= 4 is 27.3 Å². The molecule has 0 fully saturated rings. The predicted molar refractivity (Wildman–Crippen MR) is 95.9 cm³/mol. The zero-order chi connectivity index (χ0) is 15.1. The van der Waals surface area contributed by atoms with Gasteiger partial charge in [0.2, 0.25) is 0 Å². The molecule has 4 heteroatoms. The second-order valence-corrected chi connectivity index (χ2v) is 7.59. The lowest BCUT2D eigenvalue weighted by atomic mass is 10.0. The number of benzene rings is 1. The highest BCUT2D eigenvalue weighted by molar-refractivity contribution is 9.11. The van der Waals surface area contributed by atoms with Gasteiger partial charge in [0.25, 0.3) is 0 Å². The molecule has 0 radical (unpaired) electrons. The van der Waals surface area contributed by atoms with E-state index in [1.165, 1.54) is 20.5 Å². The van der Waals surface area contributed by atoms with E-state index in [0.717, 1.165) is 32.6 Å². The molecule has 2 aromatic rings. The van der Waals surface area contributed by atoms with Crippen LogP contribution in [0.3, 0.4) is 0 Å². The average molecular weight is 367 g/mol. The summed E-state index contributed by atoms with van der Waals surface area (Å²) >= 11 is 5.28. The van der Waals surface area contributed by atoms with Crippen LogP contribution in [-0.4, -0.2) is 25.0 Å². The molecule has 0 aliphatic rings. The summed E-state index contributed by atoms with van der Waals surface area (Å²) in [5.41, 5.74) is 4.27. The number of nitrogens with zero attached hydrogens (tertiary/aromatic N) is 1. The molecular weight excluding hydrogens is 344 g/mol. The highest BCUT2D eigenvalue weighted by atomic mass is 79.9. The molecule has 114 valence electrons. The first-order chi connectivity index (χ1) is 10.2. The van der Waals surface area contributed by atoms with Crippen molar-refractivity contribution in [2.24, 2.45) is 0 Å². The Kier molecular flexibility index (Phi) is 6.90. The Balaban J connectivity index is 1.94. The molecule has 2 rings (SSSR count). The van der Waals surface area contributed by atoms with Gasteiger partial charge in [0, 0.05) is 13.1 Å². The lowest BCUT2D eigenvalue weighted by Crippen LogP contribution is -2.20. The fourth-order valence-electron chi connectivity index (χ4n) is 2.44. The van der Waals surface area contributed by atoms with Crippen molar-refractivity contribution in [3.05, 3.63) is 56.2 Å². The molecule has 1 heterocycles. The fourth-order valence-corrected chi connectivity index (χ4v) is 3.64. The molecule has 0 unspecified atom stereocenters. The van der Waals surface area contributed by atoms with Gasteiger partial charge in [0.15, 0.2) is 0 Å². The smallest absolute Gasteiger partial charge is 0.0701 e.